The second-order valence-electron chi connectivity index (χ2n) is 10.7. The number of fused-ring (bicyclic) bond motifs is 1. The number of benzene rings is 2. The molecule has 3 heterocycles. The summed E-state index contributed by atoms with van der Waals surface area (Å²) in [5.74, 6) is 1.22. The zero-order chi connectivity index (χ0) is 28.3. The number of aliphatic hydroxyl groups is 1. The van der Waals surface area contributed by atoms with Gasteiger partial charge in [0, 0.05) is 63.3 Å². The molecule has 4 N–H and O–H groups in total. The second kappa shape index (κ2) is 11.4. The smallest absolute Gasteiger partial charge is 0.250 e. The van der Waals surface area contributed by atoms with E-state index in [1.807, 2.05) is 42.6 Å². The molecule has 206 valence electrons. The Morgan fingerprint density at radius 3 is 2.65 bits per heavy atom. The van der Waals surface area contributed by atoms with E-state index in [0.717, 1.165) is 47.5 Å². The molecule has 9 nitrogen and oxygen atoms in total. The van der Waals surface area contributed by atoms with Crippen LogP contribution in [0.4, 0.5) is 5.82 Å². The minimum absolute atomic E-state index is 0.0582. The number of aryl methyl sites for hydroxylation is 1. The standard InChI is InChI=1S/C31H35N7O2/c1-31(2,40)20-34-17-24(16-32)29-35-26-11-9-22(23-10-12-28(39)37(3)19-23)15-25(26)30(36-29)38-14-13-33-18-27(38)21-7-5-4-6-8-21/h4-12,15-17,19,27,32-34,40H,13-14,18,20H2,1-3H3/b24-17+,32-16?/t27-/m1/s1. The minimum Gasteiger partial charge on any atom is -0.389 e. The normalized spacial score (nSPS) is 16.2. The summed E-state index contributed by atoms with van der Waals surface area (Å²) in [6.07, 6.45) is 4.75. The van der Waals surface area contributed by atoms with Gasteiger partial charge < -0.3 is 30.6 Å². The van der Waals surface area contributed by atoms with Crippen molar-refractivity contribution in [1.82, 2.24) is 25.2 Å². The van der Waals surface area contributed by atoms with E-state index in [4.69, 9.17) is 15.4 Å². The summed E-state index contributed by atoms with van der Waals surface area (Å²) < 4.78 is 1.57. The van der Waals surface area contributed by atoms with Gasteiger partial charge in [0.15, 0.2) is 5.82 Å². The topological polar surface area (TPSA) is 119 Å². The van der Waals surface area contributed by atoms with Gasteiger partial charge in [-0.3, -0.25) is 4.79 Å². The Morgan fingerprint density at radius 2 is 1.93 bits per heavy atom. The molecule has 0 unspecified atom stereocenters. The Labute approximate surface area is 233 Å². The largest absolute Gasteiger partial charge is 0.389 e. The van der Waals surface area contributed by atoms with Crippen molar-refractivity contribution >= 4 is 28.5 Å². The molecule has 1 atom stereocenters. The molecule has 1 aliphatic heterocycles. The van der Waals surface area contributed by atoms with Gasteiger partial charge in [0.1, 0.15) is 5.82 Å². The van der Waals surface area contributed by atoms with E-state index in [0.29, 0.717) is 17.9 Å². The maximum absolute atomic E-state index is 12.0. The van der Waals surface area contributed by atoms with Crippen molar-refractivity contribution in [2.24, 2.45) is 7.05 Å². The van der Waals surface area contributed by atoms with Gasteiger partial charge in [0.2, 0.25) is 5.56 Å². The third-order valence-corrected chi connectivity index (χ3v) is 7.00. The number of hydrogen-bond donors (Lipinski definition) is 4. The fourth-order valence-electron chi connectivity index (χ4n) is 4.92. The van der Waals surface area contributed by atoms with Gasteiger partial charge in [-0.1, -0.05) is 36.4 Å². The van der Waals surface area contributed by atoms with Crippen LogP contribution in [-0.2, 0) is 7.05 Å². The molecule has 2 aromatic heterocycles. The zero-order valence-corrected chi connectivity index (χ0v) is 23.1. The number of piperazine rings is 1. The molecule has 40 heavy (non-hydrogen) atoms. The first-order valence-corrected chi connectivity index (χ1v) is 13.4. The number of pyridine rings is 1. The Hall–Kier alpha value is -4.34. The second-order valence-corrected chi connectivity index (χ2v) is 10.7. The van der Waals surface area contributed by atoms with E-state index in [2.05, 4.69) is 33.7 Å². The summed E-state index contributed by atoms with van der Waals surface area (Å²) in [6.45, 7) is 6.09. The molecule has 1 aliphatic rings. The lowest BCUT2D eigenvalue weighted by atomic mass is 10.0. The van der Waals surface area contributed by atoms with Gasteiger partial charge in [0.25, 0.3) is 0 Å². The highest BCUT2D eigenvalue weighted by Crippen LogP contribution is 2.35. The first kappa shape index (κ1) is 27.2. The molecule has 0 amide bonds. The van der Waals surface area contributed by atoms with Gasteiger partial charge in [-0.25, -0.2) is 9.97 Å². The van der Waals surface area contributed by atoms with Crippen molar-refractivity contribution in [3.05, 3.63) is 94.8 Å². The lowest BCUT2D eigenvalue weighted by molar-refractivity contribution is 0.0836. The van der Waals surface area contributed by atoms with Gasteiger partial charge in [-0.05, 0) is 48.7 Å². The molecule has 0 aliphatic carbocycles. The average Bonchev–Trinajstić information content (AvgIpc) is 2.96. The number of nitrogens with one attached hydrogen (secondary N) is 3. The van der Waals surface area contributed by atoms with Crippen LogP contribution in [0.3, 0.4) is 0 Å². The van der Waals surface area contributed by atoms with E-state index >= 15 is 0 Å². The number of nitrogens with zero attached hydrogens (tertiary/aromatic N) is 4. The van der Waals surface area contributed by atoms with E-state index < -0.39 is 5.60 Å². The Kier molecular flexibility index (Phi) is 7.77. The number of hydrogen-bond acceptors (Lipinski definition) is 8. The summed E-state index contributed by atoms with van der Waals surface area (Å²) in [6, 6.07) is 19.9. The quantitative estimate of drug-likeness (QED) is 0.254. The van der Waals surface area contributed by atoms with Crippen molar-refractivity contribution in [3.8, 4) is 11.1 Å². The maximum atomic E-state index is 12.0. The van der Waals surface area contributed by atoms with Gasteiger partial charge in [0.05, 0.1) is 22.7 Å². The summed E-state index contributed by atoms with van der Waals surface area (Å²) >= 11 is 0. The Bertz CT molecular complexity index is 1610. The lowest BCUT2D eigenvalue weighted by Gasteiger charge is -2.38. The summed E-state index contributed by atoms with van der Waals surface area (Å²) in [4.78, 5) is 24.2. The molecule has 0 saturated carbocycles. The van der Waals surface area contributed by atoms with Crippen LogP contribution in [0.1, 0.15) is 31.3 Å². The van der Waals surface area contributed by atoms with Crippen LogP contribution in [0, 0.1) is 5.41 Å². The van der Waals surface area contributed by atoms with Gasteiger partial charge in [-0.2, -0.15) is 0 Å². The van der Waals surface area contributed by atoms with E-state index in [1.54, 1.807) is 37.7 Å². The van der Waals surface area contributed by atoms with E-state index in [-0.39, 0.29) is 11.6 Å². The molecule has 4 aromatic rings. The molecule has 5 rings (SSSR count). The molecule has 1 saturated heterocycles. The van der Waals surface area contributed by atoms with Crippen LogP contribution in [-0.4, -0.2) is 57.6 Å². The van der Waals surface area contributed by atoms with Crippen molar-refractivity contribution in [2.75, 3.05) is 31.1 Å². The summed E-state index contributed by atoms with van der Waals surface area (Å²) in [5.41, 5.74) is 3.38. The van der Waals surface area contributed by atoms with E-state index in [9.17, 15) is 9.90 Å². The number of rotatable bonds is 8. The van der Waals surface area contributed by atoms with Crippen LogP contribution in [0.5, 0.6) is 0 Å². The average molecular weight is 538 g/mol. The van der Waals surface area contributed by atoms with Crippen LogP contribution < -0.4 is 21.1 Å². The highest BCUT2D eigenvalue weighted by atomic mass is 16.3. The summed E-state index contributed by atoms with van der Waals surface area (Å²) in [5, 5.41) is 25.7. The first-order valence-electron chi connectivity index (χ1n) is 13.4. The zero-order valence-electron chi connectivity index (χ0n) is 23.1. The molecule has 2 aromatic carbocycles. The van der Waals surface area contributed by atoms with Crippen LogP contribution in [0.2, 0.25) is 0 Å². The molecule has 0 spiro atoms. The minimum atomic E-state index is -0.903. The number of aromatic nitrogens is 3. The number of allylic oxidation sites excluding steroid dienone is 1. The fourth-order valence-corrected chi connectivity index (χ4v) is 4.92. The Balaban J connectivity index is 1.67. The van der Waals surface area contributed by atoms with Crippen LogP contribution in [0.15, 0.2) is 77.9 Å². The van der Waals surface area contributed by atoms with Gasteiger partial charge >= 0.3 is 0 Å². The van der Waals surface area contributed by atoms with Crippen molar-refractivity contribution in [3.63, 3.8) is 0 Å². The molecule has 1 fully saturated rings. The molecular weight excluding hydrogens is 502 g/mol. The third kappa shape index (κ3) is 5.95. The van der Waals surface area contributed by atoms with Crippen molar-refractivity contribution in [2.45, 2.75) is 25.5 Å². The molecule has 0 radical (unpaired) electrons. The summed E-state index contributed by atoms with van der Waals surface area (Å²) in [7, 11) is 1.75. The first-order chi connectivity index (χ1) is 19.2. The number of anilines is 1. The SMILES string of the molecule is Cn1cc(-c2ccc3nc(/C(C=N)=C/NCC(C)(C)O)nc(N4CCNC[C@@H]4c4ccccc4)c3c2)ccc1=O. The monoisotopic (exact) mass is 537 g/mol. The lowest BCUT2D eigenvalue weighted by Crippen LogP contribution is -2.46. The molecule has 9 heteroatoms. The third-order valence-electron chi connectivity index (χ3n) is 7.00. The van der Waals surface area contributed by atoms with Gasteiger partial charge in [-0.15, -0.1) is 0 Å². The fraction of sp³-hybridized carbons (Fsp3) is 0.290. The van der Waals surface area contributed by atoms with Crippen molar-refractivity contribution < 1.29 is 5.11 Å². The van der Waals surface area contributed by atoms with Crippen LogP contribution in [0.25, 0.3) is 27.6 Å². The van der Waals surface area contributed by atoms with E-state index in [1.165, 1.54) is 11.8 Å². The predicted octanol–water partition coefficient (Wildman–Crippen LogP) is 3.50. The Morgan fingerprint density at radius 1 is 1.15 bits per heavy atom. The molecule has 0 bridgehead atoms. The molecular formula is C31H35N7O2. The van der Waals surface area contributed by atoms with Crippen molar-refractivity contribution in [1.29, 1.82) is 5.41 Å². The predicted molar refractivity (Wildman–Crippen MR) is 161 cm³/mol. The maximum Gasteiger partial charge on any atom is 0.250 e. The highest BCUT2D eigenvalue weighted by Gasteiger charge is 2.27. The highest BCUT2D eigenvalue weighted by molar-refractivity contribution is 6.07. The van der Waals surface area contributed by atoms with Crippen LogP contribution >= 0.6 is 0 Å².